The summed E-state index contributed by atoms with van der Waals surface area (Å²) in [5.41, 5.74) is 5.80. The lowest BCUT2D eigenvalue weighted by molar-refractivity contribution is 0.355. The monoisotopic (exact) mass is 341 g/mol. The Bertz CT molecular complexity index is 677. The molecule has 2 atom stereocenters. The van der Waals surface area contributed by atoms with Crippen LogP contribution in [0.25, 0.3) is 0 Å². The van der Waals surface area contributed by atoms with Crippen molar-refractivity contribution in [3.8, 4) is 0 Å². The first-order chi connectivity index (χ1) is 12.0. The van der Waals surface area contributed by atoms with E-state index in [2.05, 4.69) is 65.0 Å². The molecule has 2 aliphatic carbocycles. The third-order valence-electron chi connectivity index (χ3n) is 5.81. The molecule has 0 bridgehead atoms. The van der Waals surface area contributed by atoms with Crippen LogP contribution in [0.2, 0.25) is 0 Å². The molecule has 0 aliphatic heterocycles. The summed E-state index contributed by atoms with van der Waals surface area (Å²) in [6.45, 7) is 8.87. The molecule has 0 aromatic carbocycles. The standard InChI is InChI=1S/C20H31N5/c1-13(2)24-19-7-5-17(9-15(19)11-21-24)23-18-6-8-20-16(10-18)12-22-25(20)14(3)4/h11-14,17-18,23H,5-10H2,1-4H3/t17-,18-/m0/s1. The minimum absolute atomic E-state index is 0.461. The van der Waals surface area contributed by atoms with Crippen molar-refractivity contribution < 1.29 is 0 Å². The van der Waals surface area contributed by atoms with Crippen LogP contribution in [0.5, 0.6) is 0 Å². The molecule has 5 heteroatoms. The van der Waals surface area contributed by atoms with Crippen molar-refractivity contribution >= 4 is 0 Å². The number of aromatic nitrogens is 4. The Morgan fingerprint density at radius 3 is 1.68 bits per heavy atom. The van der Waals surface area contributed by atoms with E-state index in [9.17, 15) is 0 Å². The lowest BCUT2D eigenvalue weighted by Gasteiger charge is -2.31. The van der Waals surface area contributed by atoms with Crippen LogP contribution in [-0.4, -0.2) is 31.6 Å². The van der Waals surface area contributed by atoms with Gasteiger partial charge < -0.3 is 5.32 Å². The maximum absolute atomic E-state index is 4.61. The predicted molar refractivity (Wildman–Crippen MR) is 100.0 cm³/mol. The van der Waals surface area contributed by atoms with Gasteiger partial charge in [-0.1, -0.05) is 0 Å². The van der Waals surface area contributed by atoms with Crippen molar-refractivity contribution in [2.24, 2.45) is 0 Å². The SMILES string of the molecule is CC(C)n1ncc2c1CC[C@H](N[C@H]1CCc3c(cnn3C(C)C)C1)C2. The van der Waals surface area contributed by atoms with Crippen LogP contribution in [0.3, 0.4) is 0 Å². The number of nitrogens with zero attached hydrogens (tertiary/aromatic N) is 4. The van der Waals surface area contributed by atoms with Crippen molar-refractivity contribution in [1.82, 2.24) is 24.9 Å². The first kappa shape index (κ1) is 16.8. The Hall–Kier alpha value is -1.62. The van der Waals surface area contributed by atoms with Gasteiger partial charge in [-0.25, -0.2) is 0 Å². The highest BCUT2D eigenvalue weighted by Gasteiger charge is 2.28. The minimum Gasteiger partial charge on any atom is -0.311 e. The van der Waals surface area contributed by atoms with E-state index in [0.717, 1.165) is 25.7 Å². The van der Waals surface area contributed by atoms with E-state index in [1.807, 2.05) is 0 Å². The highest BCUT2D eigenvalue weighted by Crippen LogP contribution is 2.27. The summed E-state index contributed by atoms with van der Waals surface area (Å²) >= 11 is 0. The van der Waals surface area contributed by atoms with Crippen LogP contribution in [-0.2, 0) is 25.7 Å². The highest BCUT2D eigenvalue weighted by atomic mass is 15.3. The molecule has 1 N–H and O–H groups in total. The van der Waals surface area contributed by atoms with Gasteiger partial charge in [0, 0.05) is 35.6 Å². The molecule has 0 saturated carbocycles. The zero-order valence-electron chi connectivity index (χ0n) is 16.0. The number of nitrogens with one attached hydrogen (secondary N) is 1. The van der Waals surface area contributed by atoms with E-state index in [1.165, 1.54) is 35.4 Å². The molecule has 0 amide bonds. The minimum atomic E-state index is 0.461. The zero-order chi connectivity index (χ0) is 17.6. The Labute approximate surface area is 150 Å². The van der Waals surface area contributed by atoms with Crippen molar-refractivity contribution in [3.05, 3.63) is 34.9 Å². The summed E-state index contributed by atoms with van der Waals surface area (Å²) in [6, 6.07) is 2.10. The van der Waals surface area contributed by atoms with Crippen LogP contribution >= 0.6 is 0 Å². The van der Waals surface area contributed by atoms with Gasteiger partial charge in [0.1, 0.15) is 0 Å². The topological polar surface area (TPSA) is 47.7 Å². The molecular weight excluding hydrogens is 310 g/mol. The van der Waals surface area contributed by atoms with Crippen LogP contribution in [0.4, 0.5) is 0 Å². The van der Waals surface area contributed by atoms with Gasteiger partial charge in [0.25, 0.3) is 0 Å². The maximum atomic E-state index is 4.61. The number of rotatable bonds is 4. The summed E-state index contributed by atoms with van der Waals surface area (Å²) < 4.78 is 4.41. The zero-order valence-corrected chi connectivity index (χ0v) is 16.0. The third-order valence-corrected chi connectivity index (χ3v) is 5.81. The molecule has 25 heavy (non-hydrogen) atoms. The van der Waals surface area contributed by atoms with E-state index in [1.54, 1.807) is 0 Å². The molecule has 2 heterocycles. The Morgan fingerprint density at radius 2 is 1.28 bits per heavy atom. The fraction of sp³-hybridized carbons (Fsp3) is 0.700. The normalized spacial score (nSPS) is 23.1. The quantitative estimate of drug-likeness (QED) is 0.929. The molecule has 2 aromatic heterocycles. The third kappa shape index (κ3) is 3.14. The van der Waals surface area contributed by atoms with Crippen molar-refractivity contribution in [1.29, 1.82) is 0 Å². The molecule has 4 rings (SSSR count). The first-order valence-electron chi connectivity index (χ1n) is 9.89. The number of fused-ring (bicyclic) bond motifs is 2. The second-order valence-corrected chi connectivity index (χ2v) is 8.36. The average molecular weight is 342 g/mol. The van der Waals surface area contributed by atoms with E-state index < -0.39 is 0 Å². The predicted octanol–water partition coefficient (Wildman–Crippen LogP) is 3.25. The summed E-state index contributed by atoms with van der Waals surface area (Å²) in [5, 5.41) is 13.2. The lowest BCUT2D eigenvalue weighted by atomic mass is 9.89. The number of hydrogen-bond donors (Lipinski definition) is 1. The summed E-state index contributed by atoms with van der Waals surface area (Å²) in [7, 11) is 0. The lowest BCUT2D eigenvalue weighted by Crippen LogP contribution is -2.44. The Balaban J connectivity index is 1.40. The average Bonchev–Trinajstić information content (AvgIpc) is 3.17. The molecule has 0 unspecified atom stereocenters. The largest absolute Gasteiger partial charge is 0.311 e. The summed E-state index contributed by atoms with van der Waals surface area (Å²) in [5.74, 6) is 0. The maximum Gasteiger partial charge on any atom is 0.0525 e. The molecule has 0 radical (unpaired) electrons. The second-order valence-electron chi connectivity index (χ2n) is 8.36. The molecule has 136 valence electrons. The summed E-state index contributed by atoms with van der Waals surface area (Å²) in [6.07, 6.45) is 11.2. The molecular formula is C20H31N5. The van der Waals surface area contributed by atoms with Crippen LogP contribution < -0.4 is 5.32 Å². The van der Waals surface area contributed by atoms with Crippen LogP contribution in [0.15, 0.2) is 12.4 Å². The fourth-order valence-corrected chi connectivity index (χ4v) is 4.60. The molecule has 0 saturated heterocycles. The van der Waals surface area contributed by atoms with E-state index in [4.69, 9.17) is 0 Å². The van der Waals surface area contributed by atoms with E-state index in [0.29, 0.717) is 24.2 Å². The number of hydrogen-bond acceptors (Lipinski definition) is 3. The van der Waals surface area contributed by atoms with Gasteiger partial charge in [0.05, 0.1) is 12.4 Å². The van der Waals surface area contributed by atoms with Gasteiger partial charge in [-0.15, -0.1) is 0 Å². The first-order valence-corrected chi connectivity index (χ1v) is 9.89. The van der Waals surface area contributed by atoms with Crippen molar-refractivity contribution in [2.45, 2.75) is 90.4 Å². The molecule has 5 nitrogen and oxygen atoms in total. The molecule has 2 aromatic rings. The van der Waals surface area contributed by atoms with Gasteiger partial charge in [0.2, 0.25) is 0 Å². The van der Waals surface area contributed by atoms with Crippen molar-refractivity contribution in [3.63, 3.8) is 0 Å². The fourth-order valence-electron chi connectivity index (χ4n) is 4.60. The Morgan fingerprint density at radius 1 is 0.840 bits per heavy atom. The van der Waals surface area contributed by atoms with Crippen molar-refractivity contribution in [2.75, 3.05) is 0 Å². The van der Waals surface area contributed by atoms with E-state index >= 15 is 0 Å². The van der Waals surface area contributed by atoms with Gasteiger partial charge in [-0.2, -0.15) is 10.2 Å². The van der Waals surface area contributed by atoms with E-state index in [-0.39, 0.29) is 0 Å². The van der Waals surface area contributed by atoms with Gasteiger partial charge in [-0.05, 0) is 77.3 Å². The smallest absolute Gasteiger partial charge is 0.0525 e. The molecule has 2 aliphatic rings. The van der Waals surface area contributed by atoms with Crippen LogP contribution in [0, 0.1) is 0 Å². The van der Waals surface area contributed by atoms with Gasteiger partial charge >= 0.3 is 0 Å². The molecule has 0 fully saturated rings. The summed E-state index contributed by atoms with van der Waals surface area (Å²) in [4.78, 5) is 0. The highest BCUT2D eigenvalue weighted by molar-refractivity contribution is 5.25. The van der Waals surface area contributed by atoms with Crippen LogP contribution in [0.1, 0.15) is 75.1 Å². The van der Waals surface area contributed by atoms with Gasteiger partial charge in [-0.3, -0.25) is 9.36 Å². The molecule has 0 spiro atoms. The Kier molecular flexibility index (Phi) is 4.44. The van der Waals surface area contributed by atoms with Gasteiger partial charge in [0.15, 0.2) is 0 Å². The second kappa shape index (κ2) is 6.60.